The average molecular weight is 447 g/mol. The van der Waals surface area contributed by atoms with Gasteiger partial charge in [-0.15, -0.1) is 6.42 Å². The number of amides is 1. The Labute approximate surface area is 190 Å². The molecule has 31 heavy (non-hydrogen) atoms. The number of anilines is 1. The SMILES string of the molecule is C#CCOc1c(Cl)cc(/C=C2\C(=O)N(c3ccccc3)N=C2c2ccccc2)cc1Cl. The maximum atomic E-state index is 13.3. The summed E-state index contributed by atoms with van der Waals surface area (Å²) in [6.45, 7) is 0.0508. The average Bonchev–Trinajstić information content (AvgIpc) is 3.10. The van der Waals surface area contributed by atoms with Gasteiger partial charge in [0.1, 0.15) is 12.3 Å². The summed E-state index contributed by atoms with van der Waals surface area (Å²) in [5.74, 6) is 2.44. The van der Waals surface area contributed by atoms with Crippen molar-refractivity contribution in [2.45, 2.75) is 0 Å². The predicted molar refractivity (Wildman–Crippen MR) is 126 cm³/mol. The molecule has 0 unspecified atom stereocenters. The molecule has 152 valence electrons. The summed E-state index contributed by atoms with van der Waals surface area (Å²) < 4.78 is 5.41. The lowest BCUT2D eigenvalue weighted by Crippen LogP contribution is -2.21. The number of hydrogen-bond donors (Lipinski definition) is 0. The number of rotatable bonds is 5. The normalized spacial score (nSPS) is 14.5. The second-order valence-corrected chi connectivity index (χ2v) is 7.45. The lowest BCUT2D eigenvalue weighted by molar-refractivity contribution is -0.114. The first-order valence-corrected chi connectivity index (χ1v) is 10.1. The Morgan fingerprint density at radius 1 is 1.00 bits per heavy atom. The van der Waals surface area contributed by atoms with E-state index in [2.05, 4.69) is 11.0 Å². The summed E-state index contributed by atoms with van der Waals surface area (Å²) in [5.41, 5.74) is 3.14. The molecule has 3 aromatic carbocycles. The van der Waals surface area contributed by atoms with Gasteiger partial charge in [-0.25, -0.2) is 0 Å². The molecule has 1 aliphatic rings. The molecular weight excluding hydrogens is 431 g/mol. The number of carbonyl (C=O) groups excluding carboxylic acids is 1. The Kier molecular flexibility index (Phi) is 6.08. The zero-order valence-corrected chi connectivity index (χ0v) is 17.8. The highest BCUT2D eigenvalue weighted by atomic mass is 35.5. The van der Waals surface area contributed by atoms with Gasteiger partial charge in [0.25, 0.3) is 5.91 Å². The fraction of sp³-hybridized carbons (Fsp3) is 0.0400. The molecule has 4 rings (SSSR count). The fourth-order valence-corrected chi connectivity index (χ4v) is 3.79. The van der Waals surface area contributed by atoms with Crippen LogP contribution >= 0.6 is 23.2 Å². The summed E-state index contributed by atoms with van der Waals surface area (Å²) in [6, 6.07) is 22.1. The third-order valence-corrected chi connectivity index (χ3v) is 5.12. The Morgan fingerprint density at radius 2 is 1.61 bits per heavy atom. The number of para-hydroxylation sites is 1. The number of benzene rings is 3. The van der Waals surface area contributed by atoms with Crippen molar-refractivity contribution in [3.05, 3.63) is 99.5 Å². The molecule has 0 aromatic heterocycles. The molecule has 0 spiro atoms. The zero-order chi connectivity index (χ0) is 21.8. The van der Waals surface area contributed by atoms with Crippen LogP contribution in [0.15, 0.2) is 83.5 Å². The van der Waals surface area contributed by atoms with Crippen molar-refractivity contribution >= 4 is 46.6 Å². The van der Waals surface area contributed by atoms with Crippen LogP contribution < -0.4 is 9.75 Å². The van der Waals surface area contributed by atoms with E-state index in [1.54, 1.807) is 18.2 Å². The quantitative estimate of drug-likeness (QED) is 0.364. The van der Waals surface area contributed by atoms with Crippen LogP contribution in [-0.2, 0) is 4.79 Å². The molecule has 0 radical (unpaired) electrons. The molecule has 3 aromatic rings. The number of carbonyl (C=O) groups is 1. The molecule has 0 bridgehead atoms. The van der Waals surface area contributed by atoms with Gasteiger partial charge in [-0.1, -0.05) is 77.7 Å². The molecule has 0 aliphatic carbocycles. The van der Waals surface area contributed by atoms with E-state index in [1.165, 1.54) is 5.01 Å². The Morgan fingerprint density at radius 3 is 2.23 bits per heavy atom. The molecule has 0 N–H and O–H groups in total. The standard InChI is InChI=1S/C25H16Cl2N2O2/c1-2-13-31-24-21(26)15-17(16-22(24)27)14-20-23(18-9-5-3-6-10-18)28-29(25(20)30)19-11-7-4-8-12-19/h1,3-12,14-16H,13H2/b20-14-. The maximum Gasteiger partial charge on any atom is 0.281 e. The Hall–Kier alpha value is -3.52. The monoisotopic (exact) mass is 446 g/mol. The van der Waals surface area contributed by atoms with Crippen molar-refractivity contribution in [3.63, 3.8) is 0 Å². The first-order valence-electron chi connectivity index (χ1n) is 9.39. The lowest BCUT2D eigenvalue weighted by atomic mass is 10.00. The van der Waals surface area contributed by atoms with Crippen LogP contribution in [0.1, 0.15) is 11.1 Å². The van der Waals surface area contributed by atoms with Crippen molar-refractivity contribution in [1.29, 1.82) is 0 Å². The third kappa shape index (κ3) is 4.34. The smallest absolute Gasteiger partial charge is 0.281 e. The van der Waals surface area contributed by atoms with Crippen molar-refractivity contribution in [1.82, 2.24) is 0 Å². The number of hydrazone groups is 1. The van der Waals surface area contributed by atoms with Gasteiger partial charge in [0.05, 0.1) is 21.3 Å². The van der Waals surface area contributed by atoms with Gasteiger partial charge in [0.2, 0.25) is 0 Å². The third-order valence-electron chi connectivity index (χ3n) is 4.56. The lowest BCUT2D eigenvalue weighted by Gasteiger charge is -2.11. The summed E-state index contributed by atoms with van der Waals surface area (Å²) in [4.78, 5) is 13.3. The van der Waals surface area contributed by atoms with E-state index in [9.17, 15) is 4.79 Å². The second-order valence-electron chi connectivity index (χ2n) is 6.63. The van der Waals surface area contributed by atoms with E-state index in [4.69, 9.17) is 34.4 Å². The van der Waals surface area contributed by atoms with Crippen molar-refractivity contribution in [3.8, 4) is 18.1 Å². The fourth-order valence-electron chi connectivity index (χ4n) is 3.18. The van der Waals surface area contributed by atoms with E-state index in [0.29, 0.717) is 38.3 Å². The first-order chi connectivity index (χ1) is 15.1. The van der Waals surface area contributed by atoms with E-state index in [0.717, 1.165) is 5.56 Å². The number of hydrogen-bond acceptors (Lipinski definition) is 3. The van der Waals surface area contributed by atoms with E-state index < -0.39 is 0 Å². The Bertz CT molecular complexity index is 1210. The van der Waals surface area contributed by atoms with Crippen LogP contribution in [0.5, 0.6) is 5.75 Å². The van der Waals surface area contributed by atoms with Gasteiger partial charge >= 0.3 is 0 Å². The van der Waals surface area contributed by atoms with Crippen LogP contribution in [0, 0.1) is 12.3 Å². The molecule has 0 atom stereocenters. The minimum Gasteiger partial charge on any atom is -0.478 e. The molecule has 0 saturated heterocycles. The molecular formula is C25H16Cl2N2O2. The molecule has 1 amide bonds. The summed E-state index contributed by atoms with van der Waals surface area (Å²) >= 11 is 12.7. The first kappa shape index (κ1) is 20.7. The molecule has 0 fully saturated rings. The zero-order valence-electron chi connectivity index (χ0n) is 16.3. The maximum absolute atomic E-state index is 13.3. The van der Waals surface area contributed by atoms with Crippen LogP contribution in [0.3, 0.4) is 0 Å². The predicted octanol–water partition coefficient (Wildman–Crippen LogP) is 5.84. The van der Waals surface area contributed by atoms with Gasteiger partial charge in [0, 0.05) is 5.56 Å². The number of ether oxygens (including phenoxy) is 1. The van der Waals surface area contributed by atoms with Crippen molar-refractivity contribution < 1.29 is 9.53 Å². The summed E-state index contributed by atoms with van der Waals surface area (Å²) in [5, 5.41) is 6.61. The molecule has 0 saturated carbocycles. The molecule has 1 aliphatic heterocycles. The molecule has 6 heteroatoms. The van der Waals surface area contributed by atoms with Crippen LogP contribution in [-0.4, -0.2) is 18.2 Å². The Balaban J connectivity index is 1.79. The van der Waals surface area contributed by atoms with Crippen LogP contribution in [0.2, 0.25) is 10.0 Å². The summed E-state index contributed by atoms with van der Waals surface area (Å²) in [6.07, 6.45) is 6.96. The van der Waals surface area contributed by atoms with Crippen molar-refractivity contribution in [2.75, 3.05) is 11.6 Å². The van der Waals surface area contributed by atoms with Gasteiger partial charge < -0.3 is 4.74 Å². The van der Waals surface area contributed by atoms with E-state index >= 15 is 0 Å². The second kappa shape index (κ2) is 9.09. The largest absolute Gasteiger partial charge is 0.478 e. The van der Waals surface area contributed by atoms with E-state index in [1.807, 2.05) is 60.7 Å². The molecule has 4 nitrogen and oxygen atoms in total. The minimum absolute atomic E-state index is 0.0508. The van der Waals surface area contributed by atoms with Crippen LogP contribution in [0.25, 0.3) is 6.08 Å². The summed E-state index contributed by atoms with van der Waals surface area (Å²) in [7, 11) is 0. The highest BCUT2D eigenvalue weighted by Crippen LogP contribution is 2.36. The van der Waals surface area contributed by atoms with Crippen molar-refractivity contribution in [2.24, 2.45) is 5.10 Å². The minimum atomic E-state index is -0.245. The number of nitrogens with zero attached hydrogens (tertiary/aromatic N) is 2. The highest BCUT2D eigenvalue weighted by Gasteiger charge is 2.32. The highest BCUT2D eigenvalue weighted by molar-refractivity contribution is 6.39. The molecule has 1 heterocycles. The van der Waals surface area contributed by atoms with E-state index in [-0.39, 0.29) is 12.5 Å². The van der Waals surface area contributed by atoms with Gasteiger partial charge in [-0.3, -0.25) is 4.79 Å². The van der Waals surface area contributed by atoms with Gasteiger partial charge in [0.15, 0.2) is 5.75 Å². The van der Waals surface area contributed by atoms with Gasteiger partial charge in [-0.2, -0.15) is 10.1 Å². The number of terminal acetylenes is 1. The number of halogens is 2. The van der Waals surface area contributed by atoms with Gasteiger partial charge in [-0.05, 0) is 35.9 Å². The van der Waals surface area contributed by atoms with Crippen LogP contribution in [0.4, 0.5) is 5.69 Å². The topological polar surface area (TPSA) is 41.9 Å².